The number of rotatable bonds is 8. The molecule has 2 aromatic rings. The number of nitrogens with zero attached hydrogens (tertiary/aromatic N) is 1. The van der Waals surface area contributed by atoms with Crippen molar-refractivity contribution in [3.63, 3.8) is 0 Å². The fourth-order valence-electron chi connectivity index (χ4n) is 1.90. The molecule has 1 aromatic carbocycles. The zero-order chi connectivity index (χ0) is 15.8. The summed E-state index contributed by atoms with van der Waals surface area (Å²) in [5.74, 6) is 0.673. The highest BCUT2D eigenvalue weighted by Crippen LogP contribution is 2.25. The first-order valence-corrected chi connectivity index (χ1v) is 8.21. The van der Waals surface area contributed by atoms with Crippen LogP contribution in [0.5, 0.6) is 5.75 Å². The van der Waals surface area contributed by atoms with Crippen LogP contribution in [-0.2, 0) is 0 Å². The van der Waals surface area contributed by atoms with E-state index in [2.05, 4.69) is 22.5 Å². The third kappa shape index (κ3) is 6.65. The molecule has 2 N–H and O–H groups in total. The summed E-state index contributed by atoms with van der Waals surface area (Å²) in [4.78, 5) is 16.4. The van der Waals surface area contributed by atoms with Gasteiger partial charge in [0.2, 0.25) is 0 Å². The third-order valence-corrected chi connectivity index (χ3v) is 3.98. The Bertz CT molecular complexity index is 606. The van der Waals surface area contributed by atoms with Crippen LogP contribution in [0.25, 0.3) is 10.6 Å². The minimum atomic E-state index is -0.130. The summed E-state index contributed by atoms with van der Waals surface area (Å²) in [5.41, 5.74) is 1.45. The highest BCUT2D eigenvalue weighted by molar-refractivity contribution is 7.13. The molecule has 8 heteroatoms. The molecule has 0 aliphatic heterocycles. The lowest BCUT2D eigenvalue weighted by atomic mass is 10.2. The van der Waals surface area contributed by atoms with Crippen molar-refractivity contribution in [3.05, 3.63) is 35.3 Å². The second-order valence-corrected chi connectivity index (χ2v) is 5.63. The maximum absolute atomic E-state index is 12.0. The van der Waals surface area contributed by atoms with Gasteiger partial charge in [-0.3, -0.25) is 4.79 Å². The molecule has 134 valence electrons. The molecule has 0 bridgehead atoms. The summed E-state index contributed by atoms with van der Waals surface area (Å²) >= 11 is 1.46. The molecule has 0 aliphatic rings. The van der Waals surface area contributed by atoms with Crippen LogP contribution in [0.1, 0.15) is 23.8 Å². The SMILES string of the molecule is CCCNCCNC(=O)c1csc(-c2ccc(OC)cc2)n1.Cl.Cl. The number of aromatic nitrogens is 1. The smallest absolute Gasteiger partial charge is 0.270 e. The number of carbonyl (C=O) groups is 1. The van der Waals surface area contributed by atoms with Gasteiger partial charge in [-0.15, -0.1) is 36.2 Å². The first-order chi connectivity index (χ1) is 10.7. The van der Waals surface area contributed by atoms with E-state index in [1.54, 1.807) is 12.5 Å². The monoisotopic (exact) mass is 391 g/mol. The minimum absolute atomic E-state index is 0. The molecule has 0 aliphatic carbocycles. The second-order valence-electron chi connectivity index (χ2n) is 4.77. The summed E-state index contributed by atoms with van der Waals surface area (Å²) in [5, 5.41) is 8.72. The highest BCUT2D eigenvalue weighted by atomic mass is 35.5. The van der Waals surface area contributed by atoms with Gasteiger partial charge in [-0.25, -0.2) is 4.98 Å². The maximum Gasteiger partial charge on any atom is 0.270 e. The molecule has 0 atom stereocenters. The minimum Gasteiger partial charge on any atom is -0.497 e. The molecular formula is C16H23Cl2N3O2S. The molecular weight excluding hydrogens is 369 g/mol. The van der Waals surface area contributed by atoms with Gasteiger partial charge in [-0.1, -0.05) is 6.92 Å². The number of benzene rings is 1. The number of thiazole rings is 1. The number of methoxy groups -OCH3 is 1. The Balaban J connectivity index is 0.00000264. The molecule has 5 nitrogen and oxygen atoms in total. The van der Waals surface area contributed by atoms with Gasteiger partial charge in [-0.2, -0.15) is 0 Å². The fraction of sp³-hybridized carbons (Fsp3) is 0.375. The van der Waals surface area contributed by atoms with Gasteiger partial charge in [0.15, 0.2) is 0 Å². The summed E-state index contributed by atoms with van der Waals surface area (Å²) in [7, 11) is 1.64. The van der Waals surface area contributed by atoms with E-state index in [9.17, 15) is 4.79 Å². The number of hydrogen-bond donors (Lipinski definition) is 2. The first kappa shape index (κ1) is 22.7. The average Bonchev–Trinajstić information content (AvgIpc) is 3.04. The van der Waals surface area contributed by atoms with Crippen LogP contribution < -0.4 is 15.4 Å². The average molecular weight is 392 g/mol. The Hall–Kier alpha value is -1.34. The predicted octanol–water partition coefficient (Wildman–Crippen LogP) is 3.39. The normalized spacial score (nSPS) is 9.58. The van der Waals surface area contributed by atoms with Gasteiger partial charge >= 0.3 is 0 Å². The largest absolute Gasteiger partial charge is 0.497 e. The molecule has 0 fully saturated rings. The summed E-state index contributed by atoms with van der Waals surface area (Å²) < 4.78 is 5.13. The molecule has 1 aromatic heterocycles. The summed E-state index contributed by atoms with van der Waals surface area (Å²) in [6.07, 6.45) is 1.09. The number of halogens is 2. The first-order valence-electron chi connectivity index (χ1n) is 7.33. The van der Waals surface area contributed by atoms with Crippen LogP contribution >= 0.6 is 36.2 Å². The fourth-order valence-corrected chi connectivity index (χ4v) is 2.71. The van der Waals surface area contributed by atoms with Crippen LogP contribution in [0, 0.1) is 0 Å². The lowest BCUT2D eigenvalue weighted by molar-refractivity contribution is 0.0949. The van der Waals surface area contributed by atoms with Crippen molar-refractivity contribution < 1.29 is 9.53 Å². The Morgan fingerprint density at radius 2 is 1.88 bits per heavy atom. The van der Waals surface area contributed by atoms with Crippen molar-refractivity contribution in [1.82, 2.24) is 15.6 Å². The Kier molecular flexibility index (Phi) is 11.4. The zero-order valence-corrected chi connectivity index (χ0v) is 16.2. The molecule has 0 unspecified atom stereocenters. The van der Waals surface area contributed by atoms with Gasteiger partial charge < -0.3 is 15.4 Å². The Morgan fingerprint density at radius 1 is 1.17 bits per heavy atom. The standard InChI is InChI=1S/C16H21N3O2S.2ClH/c1-3-8-17-9-10-18-15(20)14-11-22-16(19-14)12-4-6-13(21-2)7-5-12;;/h4-7,11,17H,3,8-10H2,1-2H3,(H,18,20);2*1H. The van der Waals surface area contributed by atoms with Gasteiger partial charge in [0, 0.05) is 24.0 Å². The lowest BCUT2D eigenvalue weighted by Gasteiger charge is -2.04. The predicted molar refractivity (Wildman–Crippen MR) is 104 cm³/mol. The van der Waals surface area contributed by atoms with Crippen molar-refractivity contribution in [3.8, 4) is 16.3 Å². The maximum atomic E-state index is 12.0. The number of nitrogens with one attached hydrogen (secondary N) is 2. The number of amides is 1. The molecule has 0 saturated heterocycles. The van der Waals surface area contributed by atoms with E-state index >= 15 is 0 Å². The molecule has 0 radical (unpaired) electrons. The number of ether oxygens (including phenoxy) is 1. The highest BCUT2D eigenvalue weighted by Gasteiger charge is 2.11. The summed E-state index contributed by atoms with van der Waals surface area (Å²) in [6, 6.07) is 7.65. The van der Waals surface area contributed by atoms with Gasteiger partial charge in [-0.05, 0) is 37.2 Å². The van der Waals surface area contributed by atoms with E-state index in [0.29, 0.717) is 12.2 Å². The molecule has 1 heterocycles. The Morgan fingerprint density at radius 3 is 2.50 bits per heavy atom. The van der Waals surface area contributed by atoms with Crippen molar-refractivity contribution in [2.45, 2.75) is 13.3 Å². The second kappa shape index (κ2) is 12.1. The molecule has 0 spiro atoms. The van der Waals surface area contributed by atoms with Gasteiger partial charge in [0.05, 0.1) is 7.11 Å². The van der Waals surface area contributed by atoms with Crippen molar-refractivity contribution in [2.75, 3.05) is 26.7 Å². The van der Waals surface area contributed by atoms with Crippen LogP contribution in [-0.4, -0.2) is 37.6 Å². The molecule has 0 saturated carbocycles. The molecule has 24 heavy (non-hydrogen) atoms. The third-order valence-electron chi connectivity index (χ3n) is 3.09. The van der Waals surface area contributed by atoms with Crippen LogP contribution in [0.4, 0.5) is 0 Å². The van der Waals surface area contributed by atoms with E-state index in [0.717, 1.165) is 35.8 Å². The van der Waals surface area contributed by atoms with Gasteiger partial charge in [0.1, 0.15) is 16.5 Å². The van der Waals surface area contributed by atoms with Crippen LogP contribution in [0.3, 0.4) is 0 Å². The molecule has 1 amide bonds. The lowest BCUT2D eigenvalue weighted by Crippen LogP contribution is -2.32. The van der Waals surface area contributed by atoms with E-state index in [1.807, 2.05) is 24.3 Å². The summed E-state index contributed by atoms with van der Waals surface area (Å²) in [6.45, 7) is 4.46. The van der Waals surface area contributed by atoms with Crippen LogP contribution in [0.15, 0.2) is 29.6 Å². The number of carbonyl (C=O) groups excluding carboxylic acids is 1. The van der Waals surface area contributed by atoms with Crippen molar-refractivity contribution >= 4 is 42.1 Å². The van der Waals surface area contributed by atoms with Crippen molar-refractivity contribution in [2.24, 2.45) is 0 Å². The van der Waals surface area contributed by atoms with Gasteiger partial charge in [0.25, 0.3) is 5.91 Å². The van der Waals surface area contributed by atoms with E-state index in [4.69, 9.17) is 4.74 Å². The molecule has 2 rings (SSSR count). The quantitative estimate of drug-likeness (QED) is 0.676. The van der Waals surface area contributed by atoms with Crippen LogP contribution in [0.2, 0.25) is 0 Å². The Labute approximate surface area is 159 Å². The van der Waals surface area contributed by atoms with E-state index < -0.39 is 0 Å². The zero-order valence-electron chi connectivity index (χ0n) is 13.7. The van der Waals surface area contributed by atoms with E-state index in [-0.39, 0.29) is 30.7 Å². The topological polar surface area (TPSA) is 63.2 Å². The van der Waals surface area contributed by atoms with Crippen molar-refractivity contribution in [1.29, 1.82) is 0 Å². The van der Waals surface area contributed by atoms with E-state index in [1.165, 1.54) is 11.3 Å². The number of hydrogen-bond acceptors (Lipinski definition) is 5.